The van der Waals surface area contributed by atoms with Crippen LogP contribution in [0.25, 0.3) is 0 Å². The van der Waals surface area contributed by atoms with Crippen molar-refractivity contribution < 1.29 is 0 Å². The number of aromatic nitrogens is 2. The van der Waals surface area contributed by atoms with Crippen LogP contribution < -0.4 is 0 Å². The van der Waals surface area contributed by atoms with Gasteiger partial charge in [-0.1, -0.05) is 45.4 Å². The van der Waals surface area contributed by atoms with Crippen molar-refractivity contribution in [3.05, 3.63) is 24.3 Å². The van der Waals surface area contributed by atoms with Crippen LogP contribution in [0, 0.1) is 6.33 Å². The molecule has 1 rings (SSSR count). The predicted molar refractivity (Wildman–Crippen MR) is 62.6 cm³/mol. The summed E-state index contributed by atoms with van der Waals surface area (Å²) in [4.78, 5) is 7.88. The fourth-order valence-electron chi connectivity index (χ4n) is 1.69. The van der Waals surface area contributed by atoms with E-state index in [0.29, 0.717) is 0 Å². The molecular formula is C13H21N2. The van der Waals surface area contributed by atoms with Crippen LogP contribution in [0.15, 0.2) is 12.3 Å². The smallest absolute Gasteiger partial charge is 0.197 e. The van der Waals surface area contributed by atoms with Crippen molar-refractivity contribution in [2.45, 2.75) is 58.3 Å². The monoisotopic (exact) mass is 205 g/mol. The molecule has 0 spiro atoms. The van der Waals surface area contributed by atoms with Crippen LogP contribution in [0.4, 0.5) is 0 Å². The maximum absolute atomic E-state index is 4.09. The zero-order valence-corrected chi connectivity index (χ0v) is 9.71. The largest absolute Gasteiger partial charge is 0.234 e. The van der Waals surface area contributed by atoms with E-state index < -0.39 is 0 Å². The van der Waals surface area contributed by atoms with E-state index in [4.69, 9.17) is 0 Å². The molecule has 1 heterocycles. The third-order valence-corrected chi connectivity index (χ3v) is 2.63. The lowest BCUT2D eigenvalue weighted by atomic mass is 10.1. The van der Waals surface area contributed by atoms with E-state index in [1.807, 2.05) is 6.07 Å². The summed E-state index contributed by atoms with van der Waals surface area (Å²) in [5.74, 6) is 0. The van der Waals surface area contributed by atoms with Crippen molar-refractivity contribution in [2.24, 2.45) is 0 Å². The van der Waals surface area contributed by atoms with Crippen LogP contribution >= 0.6 is 0 Å². The van der Waals surface area contributed by atoms with Gasteiger partial charge in [0.25, 0.3) is 0 Å². The molecule has 0 aliphatic heterocycles. The lowest BCUT2D eigenvalue weighted by Gasteiger charge is -2.00. The standard InChI is InChI=1S/C13H21N2/c1-2-3-4-5-6-7-8-9-13-10-11-14-12-15-13/h10-11H,2-9H2,1H3. The predicted octanol–water partition coefficient (Wildman–Crippen LogP) is 3.57. The fraction of sp³-hybridized carbons (Fsp3) is 0.692. The summed E-state index contributed by atoms with van der Waals surface area (Å²) in [6, 6.07) is 1.98. The van der Waals surface area contributed by atoms with Gasteiger partial charge in [-0.2, -0.15) is 0 Å². The van der Waals surface area contributed by atoms with Crippen molar-refractivity contribution >= 4 is 0 Å². The van der Waals surface area contributed by atoms with E-state index in [9.17, 15) is 0 Å². The highest BCUT2D eigenvalue weighted by Crippen LogP contribution is 2.08. The van der Waals surface area contributed by atoms with Gasteiger partial charge in [-0.25, -0.2) is 9.97 Å². The van der Waals surface area contributed by atoms with Crippen LogP contribution in [0.1, 0.15) is 57.6 Å². The Morgan fingerprint density at radius 3 is 2.47 bits per heavy atom. The number of unbranched alkanes of at least 4 members (excludes halogenated alkanes) is 6. The van der Waals surface area contributed by atoms with Gasteiger partial charge in [0.15, 0.2) is 6.33 Å². The molecule has 2 nitrogen and oxygen atoms in total. The maximum atomic E-state index is 4.09. The molecule has 0 amide bonds. The molecule has 0 aliphatic rings. The average Bonchev–Trinajstić information content (AvgIpc) is 2.29. The number of rotatable bonds is 8. The van der Waals surface area contributed by atoms with Gasteiger partial charge in [0.05, 0.1) is 0 Å². The molecule has 1 aromatic rings. The lowest BCUT2D eigenvalue weighted by Crippen LogP contribution is -1.90. The van der Waals surface area contributed by atoms with Crippen molar-refractivity contribution in [3.63, 3.8) is 0 Å². The second kappa shape index (κ2) is 8.39. The van der Waals surface area contributed by atoms with E-state index in [1.165, 1.54) is 44.9 Å². The highest BCUT2D eigenvalue weighted by molar-refractivity contribution is 4.96. The Balaban J connectivity index is 1.93. The van der Waals surface area contributed by atoms with Gasteiger partial charge in [0, 0.05) is 11.9 Å². The number of nitrogens with zero attached hydrogens (tertiary/aromatic N) is 2. The normalized spacial score (nSPS) is 10.5. The Hall–Kier alpha value is -0.920. The molecule has 0 bridgehead atoms. The number of aryl methyl sites for hydroxylation is 1. The zero-order valence-electron chi connectivity index (χ0n) is 9.71. The van der Waals surface area contributed by atoms with E-state index in [1.54, 1.807) is 6.20 Å². The second-order valence-corrected chi connectivity index (χ2v) is 4.02. The van der Waals surface area contributed by atoms with Crippen molar-refractivity contribution in [1.29, 1.82) is 0 Å². The Morgan fingerprint density at radius 2 is 1.80 bits per heavy atom. The van der Waals surface area contributed by atoms with Crippen molar-refractivity contribution in [1.82, 2.24) is 9.97 Å². The summed E-state index contributed by atoms with van der Waals surface area (Å²) < 4.78 is 0. The molecule has 0 N–H and O–H groups in total. The van der Waals surface area contributed by atoms with Gasteiger partial charge in [-0.05, 0) is 18.9 Å². The van der Waals surface area contributed by atoms with E-state index in [0.717, 1.165) is 12.1 Å². The Kier molecular flexibility index (Phi) is 6.80. The van der Waals surface area contributed by atoms with Crippen LogP contribution in [0.5, 0.6) is 0 Å². The molecule has 0 fully saturated rings. The molecule has 0 aromatic carbocycles. The minimum Gasteiger partial charge on any atom is -0.234 e. The number of hydrogen-bond donors (Lipinski definition) is 0. The summed E-state index contributed by atoms with van der Waals surface area (Å²) in [5.41, 5.74) is 1.12. The SMILES string of the molecule is CCCCCCCCCc1ccn[c]n1. The van der Waals surface area contributed by atoms with Gasteiger partial charge in [0.2, 0.25) is 0 Å². The molecular weight excluding hydrogens is 184 g/mol. The Labute approximate surface area is 93.2 Å². The summed E-state index contributed by atoms with van der Waals surface area (Å²) in [5, 5.41) is 0. The maximum Gasteiger partial charge on any atom is 0.197 e. The minimum absolute atomic E-state index is 1.08. The van der Waals surface area contributed by atoms with Gasteiger partial charge in [-0.15, -0.1) is 0 Å². The highest BCUT2D eigenvalue weighted by atomic mass is 14.8. The molecule has 2 heteroatoms. The molecule has 0 saturated carbocycles. The molecule has 1 aromatic heterocycles. The lowest BCUT2D eigenvalue weighted by molar-refractivity contribution is 0.587. The van der Waals surface area contributed by atoms with Gasteiger partial charge in [0.1, 0.15) is 0 Å². The third kappa shape index (κ3) is 6.21. The molecule has 83 valence electrons. The van der Waals surface area contributed by atoms with Gasteiger partial charge in [-0.3, -0.25) is 0 Å². The second-order valence-electron chi connectivity index (χ2n) is 4.02. The average molecular weight is 205 g/mol. The van der Waals surface area contributed by atoms with Crippen LogP contribution in [0.2, 0.25) is 0 Å². The highest BCUT2D eigenvalue weighted by Gasteiger charge is 1.94. The molecule has 1 radical (unpaired) electrons. The first-order valence-electron chi connectivity index (χ1n) is 6.11. The first-order chi connectivity index (χ1) is 7.43. The van der Waals surface area contributed by atoms with Crippen molar-refractivity contribution in [2.75, 3.05) is 0 Å². The van der Waals surface area contributed by atoms with E-state index >= 15 is 0 Å². The van der Waals surface area contributed by atoms with Crippen molar-refractivity contribution in [3.8, 4) is 0 Å². The topological polar surface area (TPSA) is 25.8 Å². The first kappa shape index (κ1) is 12.2. The number of hydrogen-bond acceptors (Lipinski definition) is 2. The summed E-state index contributed by atoms with van der Waals surface area (Å²) in [7, 11) is 0. The third-order valence-electron chi connectivity index (χ3n) is 2.63. The quantitative estimate of drug-likeness (QED) is 0.606. The van der Waals surface area contributed by atoms with E-state index in [-0.39, 0.29) is 0 Å². The van der Waals surface area contributed by atoms with Crippen LogP contribution in [-0.2, 0) is 6.42 Å². The molecule has 0 aliphatic carbocycles. The summed E-state index contributed by atoms with van der Waals surface area (Å²) in [6.45, 7) is 2.26. The fourth-order valence-corrected chi connectivity index (χ4v) is 1.69. The zero-order chi connectivity index (χ0) is 10.8. The van der Waals surface area contributed by atoms with Crippen LogP contribution in [-0.4, -0.2) is 9.97 Å². The molecule has 0 saturated heterocycles. The summed E-state index contributed by atoms with van der Waals surface area (Å²) >= 11 is 0. The Bertz CT molecular complexity index is 234. The summed E-state index contributed by atoms with van der Waals surface area (Å²) in [6.07, 6.45) is 14.9. The van der Waals surface area contributed by atoms with Gasteiger partial charge >= 0.3 is 0 Å². The first-order valence-corrected chi connectivity index (χ1v) is 6.11. The minimum atomic E-state index is 1.08. The molecule has 0 atom stereocenters. The van der Waals surface area contributed by atoms with E-state index in [2.05, 4.69) is 23.2 Å². The molecule has 15 heavy (non-hydrogen) atoms. The Morgan fingerprint density at radius 1 is 1.07 bits per heavy atom. The molecule has 0 unspecified atom stereocenters. The van der Waals surface area contributed by atoms with Crippen LogP contribution in [0.3, 0.4) is 0 Å². The van der Waals surface area contributed by atoms with Gasteiger partial charge < -0.3 is 0 Å².